The van der Waals surface area contributed by atoms with Gasteiger partial charge in [0.25, 0.3) is 0 Å². The van der Waals surface area contributed by atoms with Crippen LogP contribution >= 0.6 is 0 Å². The maximum Gasteiger partial charge on any atom is 0.179 e. The molecule has 0 saturated heterocycles. The van der Waals surface area contributed by atoms with Crippen LogP contribution in [-0.4, -0.2) is 20.7 Å². The summed E-state index contributed by atoms with van der Waals surface area (Å²) in [4.78, 5) is 0.580. The fraction of sp³-hybridized carbons (Fsp3) is 0.500. The fourth-order valence-electron chi connectivity index (χ4n) is 2.36. The van der Waals surface area contributed by atoms with Gasteiger partial charge in [0, 0.05) is 0 Å². The second kappa shape index (κ2) is 4.18. The monoisotopic (exact) mass is 239 g/mol. The summed E-state index contributed by atoms with van der Waals surface area (Å²) in [5.41, 5.74) is 7.39. The average molecular weight is 239 g/mol. The van der Waals surface area contributed by atoms with Crippen LogP contribution in [0.5, 0.6) is 0 Å². The normalized spacial score (nSPS) is 22.0. The Hall–Kier alpha value is -0.870. The third kappa shape index (κ3) is 1.87. The number of hydrogen-bond donors (Lipinski definition) is 1. The fourth-order valence-corrected chi connectivity index (χ4v) is 4.57. The Morgan fingerprint density at radius 2 is 2.19 bits per heavy atom. The maximum atomic E-state index is 12.0. The van der Waals surface area contributed by atoms with E-state index < -0.39 is 9.84 Å². The van der Waals surface area contributed by atoms with Crippen LogP contribution in [0.25, 0.3) is 0 Å². The second-order valence-electron chi connectivity index (χ2n) is 4.41. The molecule has 0 amide bonds. The van der Waals surface area contributed by atoms with Crippen molar-refractivity contribution in [2.24, 2.45) is 5.73 Å². The molecule has 0 aromatic heterocycles. The van der Waals surface area contributed by atoms with Crippen molar-refractivity contribution in [3.63, 3.8) is 0 Å². The van der Waals surface area contributed by atoms with Gasteiger partial charge in [-0.1, -0.05) is 25.1 Å². The highest BCUT2D eigenvalue weighted by Crippen LogP contribution is 2.37. The van der Waals surface area contributed by atoms with E-state index in [-0.39, 0.29) is 11.7 Å². The van der Waals surface area contributed by atoms with Gasteiger partial charge in [-0.2, -0.15) is 0 Å². The molecule has 0 bridgehead atoms. The van der Waals surface area contributed by atoms with E-state index in [0.29, 0.717) is 11.4 Å². The smallest absolute Gasteiger partial charge is 0.179 e. The number of aryl methyl sites for hydroxylation is 1. The van der Waals surface area contributed by atoms with E-state index in [1.54, 1.807) is 0 Å². The van der Waals surface area contributed by atoms with Crippen LogP contribution in [0.15, 0.2) is 23.1 Å². The van der Waals surface area contributed by atoms with E-state index in [1.807, 2.05) is 25.1 Å². The summed E-state index contributed by atoms with van der Waals surface area (Å²) in [6, 6.07) is 5.78. The molecule has 1 aliphatic heterocycles. The zero-order chi connectivity index (χ0) is 11.8. The summed E-state index contributed by atoms with van der Waals surface area (Å²) in [7, 11) is -3.06. The van der Waals surface area contributed by atoms with Crippen molar-refractivity contribution in [1.29, 1.82) is 0 Å². The Labute approximate surface area is 96.6 Å². The summed E-state index contributed by atoms with van der Waals surface area (Å²) in [5, 5.41) is 0. The van der Waals surface area contributed by atoms with Crippen LogP contribution in [-0.2, 0) is 16.3 Å². The molecular weight excluding hydrogens is 222 g/mol. The molecule has 0 fully saturated rings. The molecule has 0 radical (unpaired) electrons. The first-order chi connectivity index (χ1) is 7.56. The molecule has 88 valence electrons. The SMILES string of the molecule is CC1CS(=O)(=O)c2c(CCCN)cccc21. The van der Waals surface area contributed by atoms with E-state index in [2.05, 4.69) is 0 Å². The van der Waals surface area contributed by atoms with Crippen molar-refractivity contribution in [1.82, 2.24) is 0 Å². The van der Waals surface area contributed by atoms with E-state index in [9.17, 15) is 8.42 Å². The van der Waals surface area contributed by atoms with Crippen LogP contribution in [0.3, 0.4) is 0 Å². The van der Waals surface area contributed by atoms with E-state index in [0.717, 1.165) is 24.0 Å². The number of benzene rings is 1. The summed E-state index contributed by atoms with van der Waals surface area (Å²) >= 11 is 0. The van der Waals surface area contributed by atoms with Crippen molar-refractivity contribution in [3.8, 4) is 0 Å². The molecule has 2 rings (SSSR count). The number of nitrogens with two attached hydrogens (primary N) is 1. The van der Waals surface area contributed by atoms with Crippen LogP contribution in [0.1, 0.15) is 30.4 Å². The largest absolute Gasteiger partial charge is 0.330 e. The van der Waals surface area contributed by atoms with Crippen molar-refractivity contribution < 1.29 is 8.42 Å². The summed E-state index contributed by atoms with van der Waals surface area (Å²) in [6.45, 7) is 2.56. The third-order valence-corrected chi connectivity index (χ3v) is 5.15. The molecule has 4 heteroatoms. The Kier molecular flexibility index (Phi) is 3.04. The average Bonchev–Trinajstić information content (AvgIpc) is 2.47. The lowest BCUT2D eigenvalue weighted by Crippen LogP contribution is -2.06. The quantitative estimate of drug-likeness (QED) is 0.869. The Bertz CT molecular complexity index is 494. The summed E-state index contributed by atoms with van der Waals surface area (Å²) < 4.78 is 24.0. The van der Waals surface area contributed by atoms with Crippen molar-refractivity contribution in [2.75, 3.05) is 12.3 Å². The zero-order valence-electron chi connectivity index (χ0n) is 9.44. The van der Waals surface area contributed by atoms with Crippen LogP contribution < -0.4 is 5.73 Å². The molecule has 2 N–H and O–H groups in total. The van der Waals surface area contributed by atoms with E-state index >= 15 is 0 Å². The van der Waals surface area contributed by atoms with Crippen LogP contribution in [0, 0.1) is 0 Å². The lowest BCUT2D eigenvalue weighted by Gasteiger charge is -2.07. The third-order valence-electron chi connectivity index (χ3n) is 3.09. The van der Waals surface area contributed by atoms with Gasteiger partial charge >= 0.3 is 0 Å². The van der Waals surface area contributed by atoms with E-state index in [4.69, 9.17) is 5.73 Å². The van der Waals surface area contributed by atoms with Gasteiger partial charge in [0.15, 0.2) is 9.84 Å². The predicted molar refractivity (Wildman–Crippen MR) is 64.3 cm³/mol. The van der Waals surface area contributed by atoms with Crippen molar-refractivity contribution in [2.45, 2.75) is 30.6 Å². The Morgan fingerprint density at radius 3 is 2.88 bits per heavy atom. The van der Waals surface area contributed by atoms with E-state index in [1.165, 1.54) is 0 Å². The molecule has 3 nitrogen and oxygen atoms in total. The highest BCUT2D eigenvalue weighted by atomic mass is 32.2. The van der Waals surface area contributed by atoms with Gasteiger partial charge in [-0.05, 0) is 36.4 Å². The van der Waals surface area contributed by atoms with Gasteiger partial charge in [0.05, 0.1) is 10.6 Å². The first kappa shape index (κ1) is 11.6. The molecule has 1 aromatic carbocycles. The summed E-state index contributed by atoms with van der Waals surface area (Å²) in [5.74, 6) is 0.375. The highest BCUT2D eigenvalue weighted by molar-refractivity contribution is 7.91. The predicted octanol–water partition coefficient (Wildman–Crippen LogP) is 1.47. The van der Waals surface area contributed by atoms with Crippen LogP contribution in [0.2, 0.25) is 0 Å². The minimum atomic E-state index is -3.06. The van der Waals surface area contributed by atoms with Crippen molar-refractivity contribution >= 4 is 9.84 Å². The number of fused-ring (bicyclic) bond motifs is 1. The van der Waals surface area contributed by atoms with Gasteiger partial charge in [-0.3, -0.25) is 0 Å². The summed E-state index contributed by atoms with van der Waals surface area (Å²) in [6.07, 6.45) is 1.59. The molecule has 1 unspecified atom stereocenters. The van der Waals surface area contributed by atoms with Crippen LogP contribution in [0.4, 0.5) is 0 Å². The van der Waals surface area contributed by atoms with Gasteiger partial charge in [-0.25, -0.2) is 8.42 Å². The van der Waals surface area contributed by atoms with Gasteiger partial charge in [-0.15, -0.1) is 0 Å². The molecule has 1 aromatic rings. The minimum absolute atomic E-state index is 0.123. The molecule has 0 aliphatic carbocycles. The first-order valence-corrected chi connectivity index (χ1v) is 7.26. The first-order valence-electron chi connectivity index (χ1n) is 5.61. The second-order valence-corrected chi connectivity index (χ2v) is 6.38. The molecular formula is C12H17NO2S. The minimum Gasteiger partial charge on any atom is -0.330 e. The Morgan fingerprint density at radius 1 is 1.44 bits per heavy atom. The maximum absolute atomic E-state index is 12.0. The number of hydrogen-bond acceptors (Lipinski definition) is 3. The molecule has 1 aliphatic rings. The number of rotatable bonds is 3. The topological polar surface area (TPSA) is 60.2 Å². The standard InChI is InChI=1S/C12H17NO2S/c1-9-8-16(14,15)12-10(5-3-7-13)4-2-6-11(9)12/h2,4,6,9H,3,5,7-8,13H2,1H3. The molecule has 1 atom stereocenters. The Balaban J connectivity index is 2.51. The lowest BCUT2D eigenvalue weighted by molar-refractivity contribution is 0.597. The number of sulfone groups is 1. The van der Waals surface area contributed by atoms with Crippen molar-refractivity contribution in [3.05, 3.63) is 29.3 Å². The van der Waals surface area contributed by atoms with Gasteiger partial charge < -0.3 is 5.73 Å². The zero-order valence-corrected chi connectivity index (χ0v) is 10.3. The highest BCUT2D eigenvalue weighted by Gasteiger charge is 2.33. The van der Waals surface area contributed by atoms with Gasteiger partial charge in [0.2, 0.25) is 0 Å². The molecule has 16 heavy (non-hydrogen) atoms. The molecule has 1 heterocycles. The molecule has 0 saturated carbocycles. The van der Waals surface area contributed by atoms with Gasteiger partial charge in [0.1, 0.15) is 0 Å². The lowest BCUT2D eigenvalue weighted by atomic mass is 9.99. The molecule has 0 spiro atoms.